The lowest BCUT2D eigenvalue weighted by atomic mass is 9.75. The van der Waals surface area contributed by atoms with Crippen molar-refractivity contribution in [1.29, 1.82) is 0 Å². The number of halogens is 2. The van der Waals surface area contributed by atoms with Crippen molar-refractivity contribution in [2.24, 2.45) is 17.3 Å². The van der Waals surface area contributed by atoms with Crippen LogP contribution >= 0.6 is 0 Å². The van der Waals surface area contributed by atoms with Crippen LogP contribution in [-0.2, 0) is 0 Å². The van der Waals surface area contributed by atoms with Gasteiger partial charge in [0.1, 0.15) is 0 Å². The smallest absolute Gasteiger partial charge is 0.257 e. The fourth-order valence-corrected chi connectivity index (χ4v) is 3.67. The summed E-state index contributed by atoms with van der Waals surface area (Å²) < 4.78 is 27.3. The maximum atomic E-state index is 13.7. The Kier molecular flexibility index (Phi) is 1.74. The van der Waals surface area contributed by atoms with Crippen molar-refractivity contribution in [1.82, 2.24) is 5.32 Å². The highest BCUT2D eigenvalue weighted by atomic mass is 19.3. The van der Waals surface area contributed by atoms with Gasteiger partial charge >= 0.3 is 0 Å². The van der Waals surface area contributed by atoms with Crippen molar-refractivity contribution >= 4 is 0 Å². The molecule has 1 aliphatic heterocycles. The molecule has 1 atom stereocenters. The summed E-state index contributed by atoms with van der Waals surface area (Å²) in [6.07, 6.45) is 4.52. The molecule has 0 amide bonds. The van der Waals surface area contributed by atoms with Gasteiger partial charge in [0, 0.05) is 11.3 Å². The van der Waals surface area contributed by atoms with Gasteiger partial charge in [0.2, 0.25) is 0 Å². The Balaban J connectivity index is 1.74. The molecule has 1 nitrogen and oxygen atoms in total. The van der Waals surface area contributed by atoms with E-state index in [9.17, 15) is 8.78 Å². The molecule has 3 rings (SSSR count). The minimum absolute atomic E-state index is 0.258. The second-order valence-electron chi connectivity index (χ2n) is 5.20. The average Bonchev–Trinajstić information content (AvgIpc) is 2.64. The van der Waals surface area contributed by atoms with Gasteiger partial charge in [0.25, 0.3) is 5.92 Å². The maximum Gasteiger partial charge on any atom is 0.257 e. The van der Waals surface area contributed by atoms with E-state index >= 15 is 0 Å². The predicted octanol–water partition coefficient (Wildman–Crippen LogP) is 2.42. The lowest BCUT2D eigenvalue weighted by Crippen LogP contribution is -2.30. The molecule has 0 unspecified atom stereocenters. The summed E-state index contributed by atoms with van der Waals surface area (Å²) in [6.45, 7) is 1.88. The van der Waals surface area contributed by atoms with Gasteiger partial charge in [0.05, 0.1) is 0 Å². The number of rotatable bonds is 1. The number of alkyl halides is 2. The summed E-state index contributed by atoms with van der Waals surface area (Å²) in [4.78, 5) is 0. The first kappa shape index (κ1) is 9.08. The van der Waals surface area contributed by atoms with Crippen molar-refractivity contribution < 1.29 is 8.78 Å². The van der Waals surface area contributed by atoms with Crippen LogP contribution in [-0.4, -0.2) is 19.0 Å². The summed E-state index contributed by atoms with van der Waals surface area (Å²) >= 11 is 0. The van der Waals surface area contributed by atoms with E-state index in [4.69, 9.17) is 0 Å². The van der Waals surface area contributed by atoms with E-state index in [-0.39, 0.29) is 5.92 Å². The molecule has 0 aromatic carbocycles. The molecule has 1 heterocycles. The van der Waals surface area contributed by atoms with Crippen LogP contribution in [0.4, 0.5) is 8.78 Å². The van der Waals surface area contributed by atoms with Crippen molar-refractivity contribution in [2.75, 3.05) is 13.1 Å². The molecule has 3 heteroatoms. The molecule has 3 aliphatic rings. The Morgan fingerprint density at radius 1 is 1.07 bits per heavy atom. The normalized spacial score (nSPS) is 39.4. The van der Waals surface area contributed by atoms with E-state index in [0.717, 1.165) is 45.2 Å². The molecule has 1 N–H and O–H groups in total. The van der Waals surface area contributed by atoms with Crippen molar-refractivity contribution in [3.05, 3.63) is 0 Å². The first-order chi connectivity index (χ1) is 6.68. The van der Waals surface area contributed by atoms with E-state index in [0.29, 0.717) is 5.92 Å². The zero-order valence-electron chi connectivity index (χ0n) is 8.36. The number of hydrogen-bond donors (Lipinski definition) is 1. The topological polar surface area (TPSA) is 12.0 Å². The largest absolute Gasteiger partial charge is 0.317 e. The number of hydrogen-bond acceptors (Lipinski definition) is 1. The SMILES string of the molecule is FC1(F)[C@H](C2CCNCC2)C12CCC2. The monoisotopic (exact) mass is 201 g/mol. The van der Waals surface area contributed by atoms with Crippen molar-refractivity contribution in [3.63, 3.8) is 0 Å². The Morgan fingerprint density at radius 2 is 1.71 bits per heavy atom. The van der Waals surface area contributed by atoms with Crippen molar-refractivity contribution in [2.45, 2.75) is 38.0 Å². The minimum Gasteiger partial charge on any atom is -0.317 e. The molecule has 0 bridgehead atoms. The summed E-state index contributed by atoms with van der Waals surface area (Å²) in [5.74, 6) is -2.27. The van der Waals surface area contributed by atoms with Crippen LogP contribution in [0.25, 0.3) is 0 Å². The van der Waals surface area contributed by atoms with E-state index in [2.05, 4.69) is 5.32 Å². The van der Waals surface area contributed by atoms with Gasteiger partial charge in [-0.15, -0.1) is 0 Å². The summed E-state index contributed by atoms with van der Waals surface area (Å²) in [5.41, 5.74) is -0.519. The van der Waals surface area contributed by atoms with Crippen LogP contribution < -0.4 is 5.32 Å². The van der Waals surface area contributed by atoms with Gasteiger partial charge in [-0.1, -0.05) is 6.42 Å². The predicted molar refractivity (Wildman–Crippen MR) is 50.3 cm³/mol. The summed E-state index contributed by atoms with van der Waals surface area (Å²) in [5, 5.41) is 3.24. The quantitative estimate of drug-likeness (QED) is 0.687. The molecular weight excluding hydrogens is 184 g/mol. The number of nitrogens with one attached hydrogen (secondary N) is 1. The van der Waals surface area contributed by atoms with Crippen LogP contribution in [0.1, 0.15) is 32.1 Å². The lowest BCUT2D eigenvalue weighted by Gasteiger charge is -2.29. The molecule has 2 aliphatic carbocycles. The zero-order valence-corrected chi connectivity index (χ0v) is 8.36. The molecule has 1 spiro atoms. The second-order valence-corrected chi connectivity index (χ2v) is 5.20. The third-order valence-corrected chi connectivity index (χ3v) is 4.67. The lowest BCUT2D eigenvalue weighted by molar-refractivity contribution is 0.0257. The highest BCUT2D eigenvalue weighted by molar-refractivity contribution is 5.23. The molecule has 80 valence electrons. The fraction of sp³-hybridized carbons (Fsp3) is 1.00. The van der Waals surface area contributed by atoms with E-state index in [1.807, 2.05) is 0 Å². The highest BCUT2D eigenvalue weighted by Crippen LogP contribution is 2.78. The maximum absolute atomic E-state index is 13.7. The van der Waals surface area contributed by atoms with Crippen LogP contribution in [0.15, 0.2) is 0 Å². The van der Waals surface area contributed by atoms with E-state index in [1.165, 1.54) is 0 Å². The highest BCUT2D eigenvalue weighted by Gasteiger charge is 2.82. The zero-order chi connectivity index (χ0) is 9.81. The summed E-state index contributed by atoms with van der Waals surface area (Å²) in [7, 11) is 0. The Bertz CT molecular complexity index is 242. The molecular formula is C11H17F2N. The van der Waals surface area contributed by atoms with Crippen LogP contribution in [0.5, 0.6) is 0 Å². The minimum atomic E-state index is -2.31. The Labute approximate surface area is 83.3 Å². The first-order valence-electron chi connectivity index (χ1n) is 5.77. The summed E-state index contributed by atoms with van der Waals surface area (Å²) in [6, 6.07) is 0. The van der Waals surface area contributed by atoms with Crippen molar-refractivity contribution in [3.8, 4) is 0 Å². The van der Waals surface area contributed by atoms with E-state index in [1.54, 1.807) is 0 Å². The van der Waals surface area contributed by atoms with Gasteiger partial charge in [-0.2, -0.15) is 0 Å². The van der Waals surface area contributed by atoms with Gasteiger partial charge < -0.3 is 5.32 Å². The molecule has 0 aromatic rings. The third kappa shape index (κ3) is 0.918. The van der Waals surface area contributed by atoms with E-state index < -0.39 is 11.3 Å². The molecule has 3 fully saturated rings. The van der Waals surface area contributed by atoms with Crippen LogP contribution in [0, 0.1) is 17.3 Å². The second kappa shape index (κ2) is 2.69. The Morgan fingerprint density at radius 3 is 2.14 bits per heavy atom. The van der Waals surface area contributed by atoms with Gasteiger partial charge in [-0.05, 0) is 44.7 Å². The fourth-order valence-electron chi connectivity index (χ4n) is 3.67. The number of piperidine rings is 1. The third-order valence-electron chi connectivity index (χ3n) is 4.67. The van der Waals surface area contributed by atoms with Crippen LogP contribution in [0.2, 0.25) is 0 Å². The molecule has 0 aromatic heterocycles. The molecule has 1 saturated heterocycles. The van der Waals surface area contributed by atoms with Gasteiger partial charge in [-0.25, -0.2) is 8.78 Å². The Hall–Kier alpha value is -0.180. The molecule has 14 heavy (non-hydrogen) atoms. The molecule has 0 radical (unpaired) electrons. The first-order valence-corrected chi connectivity index (χ1v) is 5.77. The van der Waals surface area contributed by atoms with Gasteiger partial charge in [-0.3, -0.25) is 0 Å². The van der Waals surface area contributed by atoms with Gasteiger partial charge in [0.15, 0.2) is 0 Å². The standard InChI is InChI=1S/C11H17F2N/c12-11(13)9(10(11)4-1-5-10)8-2-6-14-7-3-8/h8-9,14H,1-7H2/t9-/m1/s1. The molecule has 2 saturated carbocycles. The van der Waals surface area contributed by atoms with Crippen LogP contribution in [0.3, 0.4) is 0 Å². The average molecular weight is 201 g/mol.